The fraction of sp³-hybridized carbons (Fsp3) is 0.200. The van der Waals surface area contributed by atoms with Crippen molar-refractivity contribution in [2.24, 2.45) is 0 Å². The molecule has 14 heavy (non-hydrogen) atoms. The van der Waals surface area contributed by atoms with Crippen LogP contribution < -0.4 is 0 Å². The first kappa shape index (κ1) is 9.27. The van der Waals surface area contributed by atoms with Crippen LogP contribution in [-0.4, -0.2) is 10.8 Å². The van der Waals surface area contributed by atoms with Crippen LogP contribution in [0.25, 0.3) is 10.2 Å². The van der Waals surface area contributed by atoms with Gasteiger partial charge in [-0.25, -0.2) is 9.37 Å². The number of thiazole rings is 1. The molecule has 0 fully saturated rings. The van der Waals surface area contributed by atoms with Gasteiger partial charge in [-0.1, -0.05) is 0 Å². The Bertz CT molecular complexity index is 518. The molecule has 0 spiro atoms. The second-order valence-corrected chi connectivity index (χ2v) is 4.32. The summed E-state index contributed by atoms with van der Waals surface area (Å²) in [6.07, 6.45) is 0. The zero-order chi connectivity index (χ0) is 10.3. The van der Waals surface area contributed by atoms with Gasteiger partial charge in [0.25, 0.3) is 0 Å². The minimum Gasteiger partial charge on any atom is -0.294 e. The van der Waals surface area contributed by atoms with E-state index in [1.165, 1.54) is 24.3 Å². The molecule has 0 amide bonds. The van der Waals surface area contributed by atoms with Crippen LogP contribution >= 0.6 is 11.3 Å². The lowest BCUT2D eigenvalue weighted by Crippen LogP contribution is -1.95. The number of ketones is 1. The summed E-state index contributed by atoms with van der Waals surface area (Å²) < 4.78 is 14.2. The van der Waals surface area contributed by atoms with Gasteiger partial charge < -0.3 is 0 Å². The zero-order valence-electron chi connectivity index (χ0n) is 7.80. The van der Waals surface area contributed by atoms with Gasteiger partial charge in [-0.2, -0.15) is 0 Å². The van der Waals surface area contributed by atoms with Crippen LogP contribution in [0.4, 0.5) is 4.39 Å². The van der Waals surface area contributed by atoms with Crippen LogP contribution in [0.3, 0.4) is 0 Å². The Morgan fingerprint density at radius 2 is 2.21 bits per heavy atom. The summed E-state index contributed by atoms with van der Waals surface area (Å²) in [5.74, 6) is -0.745. The van der Waals surface area contributed by atoms with Gasteiger partial charge in [0.05, 0.1) is 20.8 Å². The molecule has 0 radical (unpaired) electrons. The number of Topliss-reactive ketones (excluding diaryl/α,β-unsaturated/α-hetero) is 1. The van der Waals surface area contributed by atoms with E-state index in [1.807, 2.05) is 6.92 Å². The van der Waals surface area contributed by atoms with E-state index in [-0.39, 0.29) is 11.3 Å². The second-order valence-electron chi connectivity index (χ2n) is 3.09. The third kappa shape index (κ3) is 1.42. The molecule has 0 saturated heterocycles. The number of benzene rings is 1. The molecule has 0 unspecified atom stereocenters. The first-order valence-electron chi connectivity index (χ1n) is 4.15. The molecule has 0 aliphatic rings. The fourth-order valence-electron chi connectivity index (χ4n) is 1.33. The normalized spacial score (nSPS) is 10.8. The van der Waals surface area contributed by atoms with E-state index in [0.29, 0.717) is 5.52 Å². The number of carbonyl (C=O) groups excluding carboxylic acids is 1. The first-order chi connectivity index (χ1) is 6.58. The lowest BCUT2D eigenvalue weighted by Gasteiger charge is -1.97. The molecule has 4 heteroatoms. The Hall–Kier alpha value is -1.29. The van der Waals surface area contributed by atoms with Gasteiger partial charge in [0, 0.05) is 6.07 Å². The van der Waals surface area contributed by atoms with Crippen molar-refractivity contribution in [3.05, 3.63) is 28.5 Å². The predicted octanol–water partition coefficient (Wildman–Crippen LogP) is 2.95. The highest BCUT2D eigenvalue weighted by atomic mass is 32.1. The van der Waals surface area contributed by atoms with Crippen molar-refractivity contribution in [1.29, 1.82) is 0 Å². The van der Waals surface area contributed by atoms with E-state index >= 15 is 0 Å². The highest BCUT2D eigenvalue weighted by Crippen LogP contribution is 2.24. The summed E-state index contributed by atoms with van der Waals surface area (Å²) >= 11 is 1.46. The van der Waals surface area contributed by atoms with E-state index in [9.17, 15) is 9.18 Å². The lowest BCUT2D eigenvalue weighted by molar-refractivity contribution is 0.101. The van der Waals surface area contributed by atoms with Crippen molar-refractivity contribution in [1.82, 2.24) is 4.98 Å². The SMILES string of the molecule is CC(=O)c1cc2sc(C)nc2cc1F. The maximum Gasteiger partial charge on any atom is 0.162 e. The number of fused-ring (bicyclic) bond motifs is 1. The van der Waals surface area contributed by atoms with Crippen LogP contribution in [0, 0.1) is 12.7 Å². The molecular formula is C10H8FNOS. The van der Waals surface area contributed by atoms with E-state index in [1.54, 1.807) is 6.07 Å². The van der Waals surface area contributed by atoms with Crippen molar-refractivity contribution in [3.8, 4) is 0 Å². The van der Waals surface area contributed by atoms with Crippen molar-refractivity contribution >= 4 is 27.3 Å². The van der Waals surface area contributed by atoms with E-state index in [2.05, 4.69) is 4.98 Å². The van der Waals surface area contributed by atoms with Crippen LogP contribution in [0.5, 0.6) is 0 Å². The number of hydrogen-bond donors (Lipinski definition) is 0. The molecule has 72 valence electrons. The van der Waals surface area contributed by atoms with Crippen molar-refractivity contribution in [2.75, 3.05) is 0 Å². The minimum absolute atomic E-state index is 0.140. The molecule has 0 bridgehead atoms. The van der Waals surface area contributed by atoms with Crippen molar-refractivity contribution < 1.29 is 9.18 Å². The molecule has 1 aromatic heterocycles. The topological polar surface area (TPSA) is 30.0 Å². The van der Waals surface area contributed by atoms with Crippen molar-refractivity contribution in [3.63, 3.8) is 0 Å². The molecule has 0 N–H and O–H groups in total. The van der Waals surface area contributed by atoms with Crippen LogP contribution in [0.1, 0.15) is 22.3 Å². The largest absolute Gasteiger partial charge is 0.294 e. The molecular weight excluding hydrogens is 201 g/mol. The van der Waals surface area contributed by atoms with Gasteiger partial charge >= 0.3 is 0 Å². The number of carbonyl (C=O) groups is 1. The summed E-state index contributed by atoms with van der Waals surface area (Å²) in [7, 11) is 0. The van der Waals surface area contributed by atoms with Crippen molar-refractivity contribution in [2.45, 2.75) is 13.8 Å². The van der Waals surface area contributed by atoms with E-state index < -0.39 is 5.82 Å². The molecule has 0 atom stereocenters. The number of hydrogen-bond acceptors (Lipinski definition) is 3. The van der Waals surface area contributed by atoms with Gasteiger partial charge in [-0.3, -0.25) is 4.79 Å². The molecule has 2 aromatic rings. The van der Waals surface area contributed by atoms with Gasteiger partial charge in [0.2, 0.25) is 0 Å². The fourth-order valence-corrected chi connectivity index (χ4v) is 2.18. The Morgan fingerprint density at radius 3 is 2.86 bits per heavy atom. The monoisotopic (exact) mass is 209 g/mol. The molecule has 1 aromatic carbocycles. The number of aryl methyl sites for hydroxylation is 1. The Balaban J connectivity index is 2.76. The Labute approximate surface area is 84.4 Å². The summed E-state index contributed by atoms with van der Waals surface area (Å²) in [6.45, 7) is 3.22. The summed E-state index contributed by atoms with van der Waals surface area (Å²) in [4.78, 5) is 15.2. The van der Waals surface area contributed by atoms with Crippen LogP contribution in [0.2, 0.25) is 0 Å². The van der Waals surface area contributed by atoms with Crippen LogP contribution in [0.15, 0.2) is 12.1 Å². The summed E-state index contributed by atoms with van der Waals surface area (Å²) in [5.41, 5.74) is 0.760. The quantitative estimate of drug-likeness (QED) is 0.676. The average molecular weight is 209 g/mol. The Kier molecular flexibility index (Phi) is 2.07. The molecule has 1 heterocycles. The number of aromatic nitrogens is 1. The van der Waals surface area contributed by atoms with Gasteiger partial charge in [-0.15, -0.1) is 11.3 Å². The average Bonchev–Trinajstić information content (AvgIpc) is 2.42. The highest BCUT2D eigenvalue weighted by molar-refractivity contribution is 7.18. The van der Waals surface area contributed by atoms with E-state index in [4.69, 9.17) is 0 Å². The standard InChI is InChI=1S/C10H8FNOS/c1-5(13)7-3-10-9(4-8(7)11)12-6(2)14-10/h3-4H,1-2H3. The molecule has 0 aliphatic heterocycles. The maximum atomic E-state index is 13.3. The van der Waals surface area contributed by atoms with Gasteiger partial charge in [0.1, 0.15) is 5.82 Å². The number of nitrogens with zero attached hydrogens (tertiary/aromatic N) is 1. The Morgan fingerprint density at radius 1 is 1.50 bits per heavy atom. The second kappa shape index (κ2) is 3.13. The van der Waals surface area contributed by atoms with Gasteiger partial charge in [0.15, 0.2) is 5.78 Å². The number of halogens is 1. The highest BCUT2D eigenvalue weighted by Gasteiger charge is 2.10. The third-order valence-corrected chi connectivity index (χ3v) is 2.90. The zero-order valence-corrected chi connectivity index (χ0v) is 8.61. The minimum atomic E-state index is -0.490. The lowest BCUT2D eigenvalue weighted by atomic mass is 10.1. The third-order valence-electron chi connectivity index (χ3n) is 1.96. The first-order valence-corrected chi connectivity index (χ1v) is 4.97. The van der Waals surface area contributed by atoms with Crippen LogP contribution in [-0.2, 0) is 0 Å². The predicted molar refractivity (Wildman–Crippen MR) is 54.3 cm³/mol. The summed E-state index contributed by atoms with van der Waals surface area (Å²) in [5, 5.41) is 0.875. The van der Waals surface area contributed by atoms with E-state index in [0.717, 1.165) is 9.71 Å². The molecule has 2 rings (SSSR count). The molecule has 2 nitrogen and oxygen atoms in total. The van der Waals surface area contributed by atoms with Gasteiger partial charge in [-0.05, 0) is 19.9 Å². The maximum absolute atomic E-state index is 13.3. The summed E-state index contributed by atoms with van der Waals surface area (Å²) in [6, 6.07) is 2.88. The molecule has 0 saturated carbocycles. The molecule has 0 aliphatic carbocycles. The number of rotatable bonds is 1. The smallest absolute Gasteiger partial charge is 0.162 e.